The van der Waals surface area contributed by atoms with Crippen molar-refractivity contribution in [1.82, 2.24) is 9.78 Å². The molecular formula is C11H16N2. The zero-order valence-electron chi connectivity index (χ0n) is 8.33. The van der Waals surface area contributed by atoms with Crippen molar-refractivity contribution in [2.75, 3.05) is 0 Å². The van der Waals surface area contributed by atoms with Gasteiger partial charge < -0.3 is 0 Å². The second-order valence-corrected chi connectivity index (χ2v) is 3.67. The fourth-order valence-corrected chi connectivity index (χ4v) is 1.23. The van der Waals surface area contributed by atoms with Crippen LogP contribution in [0, 0.1) is 18.3 Å². The number of terminal acetylenes is 1. The van der Waals surface area contributed by atoms with Crippen molar-refractivity contribution in [1.29, 1.82) is 0 Å². The number of aromatic nitrogens is 2. The van der Waals surface area contributed by atoms with E-state index >= 15 is 0 Å². The summed E-state index contributed by atoms with van der Waals surface area (Å²) in [6.45, 7) is 5.35. The van der Waals surface area contributed by atoms with Crippen LogP contribution >= 0.6 is 0 Å². The first kappa shape index (κ1) is 9.85. The van der Waals surface area contributed by atoms with E-state index in [2.05, 4.69) is 31.1 Å². The maximum Gasteiger partial charge on any atom is 0.0522 e. The first-order chi connectivity index (χ1) is 6.22. The first-order valence-corrected chi connectivity index (χ1v) is 4.67. The molecule has 0 fully saturated rings. The molecule has 0 unspecified atom stereocenters. The van der Waals surface area contributed by atoms with Crippen molar-refractivity contribution in [3.63, 3.8) is 0 Å². The number of hydrogen-bond donors (Lipinski definition) is 0. The Labute approximate surface area is 80.0 Å². The van der Waals surface area contributed by atoms with Gasteiger partial charge in [-0.3, -0.25) is 4.68 Å². The molecule has 0 radical (unpaired) electrons. The van der Waals surface area contributed by atoms with Crippen molar-refractivity contribution in [3.05, 3.63) is 18.0 Å². The van der Waals surface area contributed by atoms with Crippen LogP contribution in [0.25, 0.3) is 0 Å². The number of aryl methyl sites for hydroxylation is 1. The predicted octanol–water partition coefficient (Wildman–Crippen LogP) is 2.10. The van der Waals surface area contributed by atoms with Crippen LogP contribution in [-0.2, 0) is 13.0 Å². The van der Waals surface area contributed by atoms with Crippen LogP contribution in [-0.4, -0.2) is 9.78 Å². The minimum absolute atomic E-state index is 0.639. The van der Waals surface area contributed by atoms with E-state index in [4.69, 9.17) is 6.42 Å². The van der Waals surface area contributed by atoms with E-state index in [1.165, 1.54) is 5.56 Å². The predicted molar refractivity (Wildman–Crippen MR) is 54.2 cm³/mol. The Morgan fingerprint density at radius 2 is 2.38 bits per heavy atom. The summed E-state index contributed by atoms with van der Waals surface area (Å²) in [6, 6.07) is 0. The van der Waals surface area contributed by atoms with Crippen LogP contribution in [0.1, 0.15) is 25.8 Å². The van der Waals surface area contributed by atoms with Crippen LogP contribution < -0.4 is 0 Å². The summed E-state index contributed by atoms with van der Waals surface area (Å²) in [5, 5.41) is 4.26. The van der Waals surface area contributed by atoms with Crippen molar-refractivity contribution in [2.45, 2.75) is 33.2 Å². The molecule has 0 spiro atoms. The third kappa shape index (κ3) is 3.33. The highest BCUT2D eigenvalue weighted by Gasteiger charge is 1.99. The zero-order valence-corrected chi connectivity index (χ0v) is 8.33. The van der Waals surface area contributed by atoms with Gasteiger partial charge in [0.25, 0.3) is 0 Å². The molecule has 70 valence electrons. The molecule has 2 nitrogen and oxygen atoms in total. The molecule has 0 aliphatic carbocycles. The number of hydrogen-bond acceptors (Lipinski definition) is 1. The second kappa shape index (κ2) is 4.71. The van der Waals surface area contributed by atoms with Gasteiger partial charge in [-0.2, -0.15) is 5.10 Å². The Bertz CT molecular complexity index is 291. The molecule has 0 saturated carbocycles. The van der Waals surface area contributed by atoms with Crippen LogP contribution in [0.15, 0.2) is 12.4 Å². The maximum absolute atomic E-state index is 5.19. The van der Waals surface area contributed by atoms with Gasteiger partial charge in [-0.25, -0.2) is 0 Å². The maximum atomic E-state index is 5.19. The van der Waals surface area contributed by atoms with Crippen LogP contribution in [0.5, 0.6) is 0 Å². The monoisotopic (exact) mass is 176 g/mol. The van der Waals surface area contributed by atoms with Gasteiger partial charge in [-0.15, -0.1) is 12.3 Å². The Kier molecular flexibility index (Phi) is 3.57. The van der Waals surface area contributed by atoms with Gasteiger partial charge in [-0.1, -0.05) is 13.8 Å². The summed E-state index contributed by atoms with van der Waals surface area (Å²) in [5.41, 5.74) is 1.23. The van der Waals surface area contributed by atoms with E-state index in [9.17, 15) is 0 Å². The quantitative estimate of drug-likeness (QED) is 0.642. The third-order valence-electron chi connectivity index (χ3n) is 1.80. The fourth-order valence-electron chi connectivity index (χ4n) is 1.23. The fraction of sp³-hybridized carbons (Fsp3) is 0.545. The van der Waals surface area contributed by atoms with Crippen LogP contribution in [0.2, 0.25) is 0 Å². The minimum Gasteiger partial charge on any atom is -0.272 e. The molecule has 2 heteroatoms. The highest BCUT2D eigenvalue weighted by molar-refractivity contribution is 5.06. The Morgan fingerprint density at radius 1 is 1.62 bits per heavy atom. The van der Waals surface area contributed by atoms with E-state index in [0.717, 1.165) is 19.4 Å². The summed E-state index contributed by atoms with van der Waals surface area (Å²) < 4.78 is 1.98. The molecule has 0 aliphatic rings. The van der Waals surface area contributed by atoms with Gasteiger partial charge in [0.2, 0.25) is 0 Å². The molecule has 0 aromatic carbocycles. The topological polar surface area (TPSA) is 17.8 Å². The smallest absolute Gasteiger partial charge is 0.0522 e. The summed E-state index contributed by atoms with van der Waals surface area (Å²) in [5.74, 6) is 3.27. The second-order valence-electron chi connectivity index (χ2n) is 3.67. The molecule has 1 heterocycles. The van der Waals surface area contributed by atoms with Crippen molar-refractivity contribution in [2.24, 2.45) is 5.92 Å². The summed E-state index contributed by atoms with van der Waals surface area (Å²) in [7, 11) is 0. The van der Waals surface area contributed by atoms with E-state index in [-0.39, 0.29) is 0 Å². The van der Waals surface area contributed by atoms with Gasteiger partial charge in [-0.05, 0) is 17.9 Å². The summed E-state index contributed by atoms with van der Waals surface area (Å²) in [6.07, 6.45) is 10.9. The summed E-state index contributed by atoms with van der Waals surface area (Å²) >= 11 is 0. The lowest BCUT2D eigenvalue weighted by molar-refractivity contribution is 0.483. The Hall–Kier alpha value is -1.23. The molecule has 1 aromatic heterocycles. The lowest BCUT2D eigenvalue weighted by atomic mass is 10.2. The average molecular weight is 176 g/mol. The van der Waals surface area contributed by atoms with E-state index < -0.39 is 0 Å². The zero-order chi connectivity index (χ0) is 9.68. The molecule has 0 bridgehead atoms. The van der Waals surface area contributed by atoms with E-state index in [0.29, 0.717) is 5.92 Å². The lowest BCUT2D eigenvalue weighted by Crippen LogP contribution is -2.04. The molecule has 0 aliphatic heterocycles. The van der Waals surface area contributed by atoms with E-state index in [1.54, 1.807) is 0 Å². The Morgan fingerprint density at radius 3 is 3.00 bits per heavy atom. The van der Waals surface area contributed by atoms with Crippen molar-refractivity contribution < 1.29 is 0 Å². The molecule has 13 heavy (non-hydrogen) atoms. The molecule has 1 rings (SSSR count). The highest BCUT2D eigenvalue weighted by atomic mass is 15.3. The van der Waals surface area contributed by atoms with Gasteiger partial charge in [0, 0.05) is 19.2 Å². The first-order valence-electron chi connectivity index (χ1n) is 4.67. The average Bonchev–Trinajstić information content (AvgIpc) is 2.48. The van der Waals surface area contributed by atoms with Crippen molar-refractivity contribution >= 4 is 0 Å². The van der Waals surface area contributed by atoms with Gasteiger partial charge in [0.15, 0.2) is 0 Å². The minimum atomic E-state index is 0.639. The molecule has 1 aromatic rings. The molecule has 0 N–H and O–H groups in total. The SMILES string of the molecule is C#CCCc1cnn(CC(C)C)c1. The summed E-state index contributed by atoms with van der Waals surface area (Å²) in [4.78, 5) is 0. The molecular weight excluding hydrogens is 160 g/mol. The van der Waals surface area contributed by atoms with E-state index in [1.807, 2.05) is 10.9 Å². The van der Waals surface area contributed by atoms with Gasteiger partial charge >= 0.3 is 0 Å². The highest BCUT2D eigenvalue weighted by Crippen LogP contribution is 2.03. The van der Waals surface area contributed by atoms with Crippen LogP contribution in [0.4, 0.5) is 0 Å². The molecule has 0 amide bonds. The third-order valence-corrected chi connectivity index (χ3v) is 1.80. The largest absolute Gasteiger partial charge is 0.272 e. The van der Waals surface area contributed by atoms with Gasteiger partial charge in [0.05, 0.1) is 6.20 Å². The number of nitrogens with zero attached hydrogens (tertiary/aromatic N) is 2. The number of rotatable bonds is 4. The van der Waals surface area contributed by atoms with Crippen LogP contribution in [0.3, 0.4) is 0 Å². The van der Waals surface area contributed by atoms with Gasteiger partial charge in [0.1, 0.15) is 0 Å². The molecule has 0 atom stereocenters. The molecule has 0 saturated heterocycles. The lowest BCUT2D eigenvalue weighted by Gasteiger charge is -2.03. The standard InChI is InChI=1S/C11H16N2/c1-4-5-6-11-7-12-13(9-11)8-10(2)3/h1,7,9-10H,5-6,8H2,2-3H3. The normalized spacial score (nSPS) is 10.3. The van der Waals surface area contributed by atoms with Crippen molar-refractivity contribution in [3.8, 4) is 12.3 Å². The Balaban J connectivity index is 2.49.